The van der Waals surface area contributed by atoms with Gasteiger partial charge in [-0.05, 0) is 19.6 Å². The van der Waals surface area contributed by atoms with E-state index in [1.165, 1.54) is 0 Å². The van der Waals surface area contributed by atoms with E-state index in [4.69, 9.17) is 4.74 Å². The Bertz CT molecular complexity index is 203. The van der Waals surface area contributed by atoms with Crippen LogP contribution in [0.2, 0.25) is 0 Å². The topological polar surface area (TPSA) is 38.7 Å². The molecule has 1 rings (SSSR count). The van der Waals surface area contributed by atoms with Crippen LogP contribution in [0.15, 0.2) is 4.99 Å². The third-order valence-electron chi connectivity index (χ3n) is 1.76. The highest BCUT2D eigenvalue weighted by molar-refractivity contribution is 8.13. The molecule has 0 spiro atoms. The Morgan fingerprint density at radius 2 is 2.58 bits per heavy atom. The van der Waals surface area contributed by atoms with Crippen molar-refractivity contribution in [1.29, 1.82) is 0 Å². The fraction of sp³-hybridized carbons (Fsp3) is 0.750. The van der Waals surface area contributed by atoms with E-state index in [2.05, 4.69) is 4.99 Å². The van der Waals surface area contributed by atoms with E-state index in [9.17, 15) is 4.79 Å². The lowest BCUT2D eigenvalue weighted by Crippen LogP contribution is -2.21. The minimum absolute atomic E-state index is 0.0834. The Labute approximate surface area is 76.6 Å². The van der Waals surface area contributed by atoms with Crippen molar-refractivity contribution in [2.75, 3.05) is 19.4 Å². The molecule has 0 radical (unpaired) electrons. The standard InChI is InChI=1S/C8H13NO2S/c1-3-11-8(10)6-4-5-9-7(6)12-2/h6H,3-5H2,1-2H3. The summed E-state index contributed by atoms with van der Waals surface area (Å²) in [6, 6.07) is 0. The fourth-order valence-corrected chi connectivity index (χ4v) is 1.92. The van der Waals surface area contributed by atoms with Crippen LogP contribution in [0.4, 0.5) is 0 Å². The molecule has 0 aromatic rings. The number of nitrogens with zero attached hydrogens (tertiary/aromatic N) is 1. The molecule has 1 unspecified atom stereocenters. The molecule has 0 aromatic carbocycles. The molecule has 0 aliphatic carbocycles. The number of carbonyl (C=O) groups is 1. The van der Waals surface area contributed by atoms with Gasteiger partial charge in [0.1, 0.15) is 5.92 Å². The zero-order chi connectivity index (χ0) is 8.97. The van der Waals surface area contributed by atoms with Crippen molar-refractivity contribution in [3.63, 3.8) is 0 Å². The molecular weight excluding hydrogens is 174 g/mol. The number of carbonyl (C=O) groups excluding carboxylic acids is 1. The maximum Gasteiger partial charge on any atom is 0.315 e. The van der Waals surface area contributed by atoms with Crippen LogP contribution in [0.5, 0.6) is 0 Å². The Balaban J connectivity index is 2.52. The number of rotatable bonds is 2. The van der Waals surface area contributed by atoms with E-state index in [0.717, 1.165) is 18.0 Å². The van der Waals surface area contributed by atoms with Crippen LogP contribution < -0.4 is 0 Å². The van der Waals surface area contributed by atoms with Crippen molar-refractivity contribution in [2.24, 2.45) is 10.9 Å². The molecule has 1 atom stereocenters. The zero-order valence-corrected chi connectivity index (χ0v) is 8.19. The number of esters is 1. The van der Waals surface area contributed by atoms with E-state index in [-0.39, 0.29) is 11.9 Å². The molecule has 0 amide bonds. The fourth-order valence-electron chi connectivity index (χ4n) is 1.21. The van der Waals surface area contributed by atoms with Crippen LogP contribution in [0.25, 0.3) is 0 Å². The van der Waals surface area contributed by atoms with E-state index in [1.54, 1.807) is 11.8 Å². The van der Waals surface area contributed by atoms with Crippen LogP contribution in [-0.4, -0.2) is 30.4 Å². The summed E-state index contributed by atoms with van der Waals surface area (Å²) in [6.45, 7) is 3.04. The normalized spacial score (nSPS) is 22.2. The van der Waals surface area contributed by atoms with Crippen LogP contribution in [-0.2, 0) is 9.53 Å². The second-order valence-corrected chi connectivity index (χ2v) is 3.34. The molecule has 0 saturated carbocycles. The molecule has 0 bridgehead atoms. The van der Waals surface area contributed by atoms with Gasteiger partial charge < -0.3 is 4.74 Å². The summed E-state index contributed by atoms with van der Waals surface area (Å²) in [6.07, 6.45) is 2.76. The Morgan fingerprint density at radius 3 is 3.17 bits per heavy atom. The Kier molecular flexibility index (Phi) is 3.59. The van der Waals surface area contributed by atoms with Gasteiger partial charge in [0.05, 0.1) is 11.7 Å². The molecule has 0 saturated heterocycles. The van der Waals surface area contributed by atoms with E-state index >= 15 is 0 Å². The highest BCUT2D eigenvalue weighted by Crippen LogP contribution is 2.21. The van der Waals surface area contributed by atoms with E-state index in [1.807, 2.05) is 13.2 Å². The minimum atomic E-state index is -0.122. The molecule has 1 heterocycles. The van der Waals surface area contributed by atoms with E-state index in [0.29, 0.717) is 6.61 Å². The van der Waals surface area contributed by atoms with Crippen LogP contribution in [0, 0.1) is 5.92 Å². The lowest BCUT2D eigenvalue weighted by atomic mass is 10.1. The number of thioether (sulfide) groups is 1. The SMILES string of the molecule is CCOC(=O)C1CCN=C1SC. The van der Waals surface area contributed by atoms with Crippen molar-refractivity contribution < 1.29 is 9.53 Å². The number of hydrogen-bond acceptors (Lipinski definition) is 4. The largest absolute Gasteiger partial charge is 0.465 e. The van der Waals surface area contributed by atoms with Gasteiger partial charge in [0.15, 0.2) is 0 Å². The van der Waals surface area contributed by atoms with Gasteiger partial charge >= 0.3 is 5.97 Å². The van der Waals surface area contributed by atoms with Gasteiger partial charge in [-0.1, -0.05) is 0 Å². The monoisotopic (exact) mass is 187 g/mol. The smallest absolute Gasteiger partial charge is 0.315 e. The molecule has 3 nitrogen and oxygen atoms in total. The average Bonchev–Trinajstić information content (AvgIpc) is 2.51. The van der Waals surface area contributed by atoms with Gasteiger partial charge in [-0.3, -0.25) is 9.79 Å². The third kappa shape index (κ3) is 2.00. The number of hydrogen-bond donors (Lipinski definition) is 0. The highest BCUT2D eigenvalue weighted by Gasteiger charge is 2.28. The predicted molar refractivity (Wildman–Crippen MR) is 50.6 cm³/mol. The first-order valence-corrected chi connectivity index (χ1v) is 5.27. The van der Waals surface area contributed by atoms with Gasteiger partial charge in [0, 0.05) is 6.54 Å². The Morgan fingerprint density at radius 1 is 1.83 bits per heavy atom. The first kappa shape index (κ1) is 9.58. The van der Waals surface area contributed by atoms with Crippen molar-refractivity contribution in [2.45, 2.75) is 13.3 Å². The first-order chi connectivity index (χ1) is 5.79. The van der Waals surface area contributed by atoms with Crippen LogP contribution >= 0.6 is 11.8 Å². The summed E-state index contributed by atoms with van der Waals surface area (Å²) < 4.78 is 4.92. The molecule has 0 fully saturated rings. The molecular formula is C8H13NO2S. The van der Waals surface area contributed by atoms with Gasteiger partial charge in [-0.2, -0.15) is 0 Å². The summed E-state index contributed by atoms with van der Waals surface area (Å²) in [5.74, 6) is -0.206. The summed E-state index contributed by atoms with van der Waals surface area (Å²) in [4.78, 5) is 15.5. The van der Waals surface area contributed by atoms with Crippen molar-refractivity contribution in [3.8, 4) is 0 Å². The van der Waals surface area contributed by atoms with Crippen LogP contribution in [0.3, 0.4) is 0 Å². The number of ether oxygens (including phenoxy) is 1. The second kappa shape index (κ2) is 4.50. The van der Waals surface area contributed by atoms with Gasteiger partial charge in [0.2, 0.25) is 0 Å². The molecule has 1 aliphatic rings. The number of aliphatic imine (C=N–C) groups is 1. The minimum Gasteiger partial charge on any atom is -0.465 e. The molecule has 68 valence electrons. The van der Waals surface area contributed by atoms with Gasteiger partial charge in [-0.15, -0.1) is 11.8 Å². The quantitative estimate of drug-likeness (QED) is 0.612. The summed E-state index contributed by atoms with van der Waals surface area (Å²) in [7, 11) is 0. The lowest BCUT2D eigenvalue weighted by Gasteiger charge is -2.09. The first-order valence-electron chi connectivity index (χ1n) is 4.04. The summed E-state index contributed by atoms with van der Waals surface area (Å²) in [5.41, 5.74) is 0. The zero-order valence-electron chi connectivity index (χ0n) is 7.37. The maximum atomic E-state index is 11.3. The van der Waals surface area contributed by atoms with Crippen LogP contribution in [0.1, 0.15) is 13.3 Å². The predicted octanol–water partition coefficient (Wildman–Crippen LogP) is 1.33. The highest BCUT2D eigenvalue weighted by atomic mass is 32.2. The lowest BCUT2D eigenvalue weighted by molar-refractivity contribution is -0.145. The summed E-state index contributed by atoms with van der Waals surface area (Å²) >= 11 is 1.54. The van der Waals surface area contributed by atoms with Crippen molar-refractivity contribution in [1.82, 2.24) is 0 Å². The second-order valence-electron chi connectivity index (χ2n) is 2.52. The molecule has 4 heteroatoms. The molecule has 12 heavy (non-hydrogen) atoms. The summed E-state index contributed by atoms with van der Waals surface area (Å²) in [5, 5.41) is 0.924. The third-order valence-corrected chi connectivity index (χ3v) is 2.60. The molecule has 0 aromatic heterocycles. The van der Waals surface area contributed by atoms with Gasteiger partial charge in [0.25, 0.3) is 0 Å². The van der Waals surface area contributed by atoms with Gasteiger partial charge in [-0.25, -0.2) is 0 Å². The maximum absolute atomic E-state index is 11.3. The molecule has 0 N–H and O–H groups in total. The van der Waals surface area contributed by atoms with Crippen molar-refractivity contribution >= 4 is 22.8 Å². The molecule has 1 aliphatic heterocycles. The van der Waals surface area contributed by atoms with E-state index < -0.39 is 0 Å². The Hall–Kier alpha value is -0.510. The average molecular weight is 187 g/mol. The van der Waals surface area contributed by atoms with Crippen molar-refractivity contribution in [3.05, 3.63) is 0 Å².